The maximum atomic E-state index is 15.0. The molecule has 0 aromatic heterocycles. The fraction of sp³-hybridized carbons (Fsp3) is 0.212. The molecule has 1 atom stereocenters. The molecule has 7 nitrogen and oxygen atoms in total. The zero-order chi connectivity index (χ0) is 31.9. The van der Waals surface area contributed by atoms with Crippen LogP contribution in [0.4, 0.5) is 10.1 Å². The number of nitrogens with one attached hydrogen (secondary N) is 1. The molecule has 0 aliphatic heterocycles. The molecule has 1 N–H and O–H groups in total. The summed E-state index contributed by atoms with van der Waals surface area (Å²) < 4.78 is 43.9. The Morgan fingerprint density at radius 1 is 0.841 bits per heavy atom. The summed E-state index contributed by atoms with van der Waals surface area (Å²) in [5.74, 6) is -1.78. The lowest BCUT2D eigenvalue weighted by Gasteiger charge is -2.34. The molecule has 11 heteroatoms. The molecule has 0 heterocycles. The van der Waals surface area contributed by atoms with Gasteiger partial charge in [0.05, 0.1) is 20.6 Å². The summed E-state index contributed by atoms with van der Waals surface area (Å²) in [6.07, 6.45) is 0.100. The molecule has 0 saturated heterocycles. The van der Waals surface area contributed by atoms with Gasteiger partial charge in [-0.25, -0.2) is 12.8 Å². The van der Waals surface area contributed by atoms with Crippen LogP contribution in [0.3, 0.4) is 0 Å². The average Bonchev–Trinajstić information content (AvgIpc) is 3.00. The highest BCUT2D eigenvalue weighted by molar-refractivity contribution is 7.92. The molecule has 2 amide bonds. The quantitative estimate of drug-likeness (QED) is 0.189. The van der Waals surface area contributed by atoms with Crippen LogP contribution in [-0.2, 0) is 32.6 Å². The fourth-order valence-corrected chi connectivity index (χ4v) is 6.56. The summed E-state index contributed by atoms with van der Waals surface area (Å²) >= 11 is 12.8. The van der Waals surface area contributed by atoms with Gasteiger partial charge in [0.2, 0.25) is 11.8 Å². The molecule has 0 bridgehead atoms. The summed E-state index contributed by atoms with van der Waals surface area (Å²) in [5.41, 5.74) is 0.900. The largest absolute Gasteiger partial charge is 0.352 e. The number of anilines is 1. The van der Waals surface area contributed by atoms with Gasteiger partial charge >= 0.3 is 0 Å². The zero-order valence-electron chi connectivity index (χ0n) is 24.2. The number of carbonyl (C=O) groups is 2. The number of benzene rings is 4. The minimum Gasteiger partial charge on any atom is -0.352 e. The van der Waals surface area contributed by atoms with Crippen molar-refractivity contribution in [3.05, 3.63) is 130 Å². The molecule has 0 spiro atoms. The van der Waals surface area contributed by atoms with Gasteiger partial charge in [0.25, 0.3) is 10.0 Å². The molecule has 4 aromatic carbocycles. The maximum Gasteiger partial charge on any atom is 0.264 e. The first-order valence-corrected chi connectivity index (χ1v) is 16.1. The minimum absolute atomic E-state index is 0.0200. The van der Waals surface area contributed by atoms with Gasteiger partial charge in [0, 0.05) is 24.6 Å². The summed E-state index contributed by atoms with van der Waals surface area (Å²) in [5, 5.41) is 2.88. The monoisotopic (exact) mass is 655 g/mol. The molecule has 230 valence electrons. The number of halogens is 3. The number of nitrogens with zero attached hydrogens (tertiary/aromatic N) is 2. The van der Waals surface area contributed by atoms with Crippen molar-refractivity contribution in [1.82, 2.24) is 10.2 Å². The number of amides is 2. The second-order valence-electron chi connectivity index (χ2n) is 10.4. The van der Waals surface area contributed by atoms with Crippen molar-refractivity contribution in [3.63, 3.8) is 0 Å². The van der Waals surface area contributed by atoms with Crippen molar-refractivity contribution in [2.24, 2.45) is 0 Å². The molecule has 4 aromatic rings. The Morgan fingerprint density at radius 2 is 1.45 bits per heavy atom. The third-order valence-corrected chi connectivity index (χ3v) is 9.39. The van der Waals surface area contributed by atoms with Gasteiger partial charge in [-0.1, -0.05) is 96.0 Å². The van der Waals surface area contributed by atoms with E-state index in [1.165, 1.54) is 53.4 Å². The van der Waals surface area contributed by atoms with E-state index in [4.69, 9.17) is 23.2 Å². The highest BCUT2D eigenvalue weighted by Crippen LogP contribution is 2.35. The van der Waals surface area contributed by atoms with E-state index in [9.17, 15) is 22.4 Å². The van der Waals surface area contributed by atoms with E-state index in [1.807, 2.05) is 30.3 Å². The Labute approximate surface area is 267 Å². The van der Waals surface area contributed by atoms with Gasteiger partial charge in [0.15, 0.2) is 0 Å². The second kappa shape index (κ2) is 14.7. The Kier molecular flexibility index (Phi) is 11.0. The predicted molar refractivity (Wildman–Crippen MR) is 172 cm³/mol. The summed E-state index contributed by atoms with van der Waals surface area (Å²) in [6.45, 7) is 2.54. The Morgan fingerprint density at radius 3 is 2.09 bits per heavy atom. The highest BCUT2D eigenvalue weighted by Gasteiger charge is 2.36. The van der Waals surface area contributed by atoms with Gasteiger partial charge in [-0.3, -0.25) is 13.9 Å². The van der Waals surface area contributed by atoms with E-state index in [0.29, 0.717) is 0 Å². The second-order valence-corrected chi connectivity index (χ2v) is 13.0. The Balaban J connectivity index is 1.84. The van der Waals surface area contributed by atoms with Gasteiger partial charge in [-0.05, 0) is 49.7 Å². The Hall–Kier alpha value is -3.92. The van der Waals surface area contributed by atoms with E-state index in [1.54, 1.807) is 38.1 Å². The standard InChI is InChI=1S/C33H32Cl2FN3O4S/c1-23(2)37-33(41)30(20-24-12-5-3-6-13-24)38(21-25-14-9-10-18-28(25)36)31(40)22-39(29-19-11-17-27(34)32(29)35)44(42,43)26-15-7-4-8-16-26/h3-19,23,30H,20-22H2,1-2H3,(H,37,41)/t30-/m0/s1. The van der Waals surface area contributed by atoms with Crippen molar-refractivity contribution in [3.8, 4) is 0 Å². The lowest BCUT2D eigenvalue weighted by molar-refractivity contribution is -0.140. The van der Waals surface area contributed by atoms with Crippen LogP contribution in [0, 0.1) is 5.82 Å². The zero-order valence-corrected chi connectivity index (χ0v) is 26.5. The van der Waals surface area contributed by atoms with E-state index in [0.717, 1.165) is 9.87 Å². The van der Waals surface area contributed by atoms with Crippen LogP contribution >= 0.6 is 23.2 Å². The molecule has 0 radical (unpaired) electrons. The van der Waals surface area contributed by atoms with Gasteiger partial charge in [-0.15, -0.1) is 0 Å². The number of rotatable bonds is 12. The smallest absolute Gasteiger partial charge is 0.264 e. The molecule has 0 aliphatic rings. The molecular formula is C33H32Cl2FN3O4S. The first kappa shape index (κ1) is 33.0. The first-order chi connectivity index (χ1) is 21.0. The van der Waals surface area contributed by atoms with Crippen molar-refractivity contribution >= 4 is 50.7 Å². The lowest BCUT2D eigenvalue weighted by atomic mass is 10.0. The van der Waals surface area contributed by atoms with Gasteiger partial charge in [-0.2, -0.15) is 0 Å². The van der Waals surface area contributed by atoms with E-state index >= 15 is 0 Å². The molecule has 0 aliphatic carbocycles. The third kappa shape index (κ3) is 7.96. The summed E-state index contributed by atoms with van der Waals surface area (Å²) in [7, 11) is -4.36. The van der Waals surface area contributed by atoms with Crippen molar-refractivity contribution in [2.75, 3.05) is 10.8 Å². The number of carbonyl (C=O) groups excluding carboxylic acids is 2. The lowest BCUT2D eigenvalue weighted by Crippen LogP contribution is -2.54. The normalized spacial score (nSPS) is 12.0. The molecule has 0 saturated carbocycles. The van der Waals surface area contributed by atoms with Crippen LogP contribution in [-0.4, -0.2) is 43.8 Å². The molecular weight excluding hydrogens is 624 g/mol. The topological polar surface area (TPSA) is 86.8 Å². The predicted octanol–water partition coefficient (Wildman–Crippen LogP) is 6.49. The fourth-order valence-electron chi connectivity index (χ4n) is 4.66. The average molecular weight is 657 g/mol. The van der Waals surface area contributed by atoms with Crippen LogP contribution in [0.5, 0.6) is 0 Å². The Bertz CT molecular complexity index is 1710. The third-order valence-electron chi connectivity index (χ3n) is 6.81. The molecule has 0 fully saturated rings. The van der Waals surface area contributed by atoms with Crippen LogP contribution < -0.4 is 9.62 Å². The SMILES string of the molecule is CC(C)NC(=O)[C@H](Cc1ccccc1)N(Cc1ccccc1F)C(=O)CN(c1cccc(Cl)c1Cl)S(=O)(=O)c1ccccc1. The number of hydrogen-bond acceptors (Lipinski definition) is 4. The van der Waals surface area contributed by atoms with E-state index in [2.05, 4.69) is 5.32 Å². The van der Waals surface area contributed by atoms with E-state index < -0.39 is 40.2 Å². The van der Waals surface area contributed by atoms with Gasteiger partial charge < -0.3 is 10.2 Å². The van der Waals surface area contributed by atoms with Crippen molar-refractivity contribution < 1.29 is 22.4 Å². The molecule has 44 heavy (non-hydrogen) atoms. The molecule has 0 unspecified atom stereocenters. The van der Waals surface area contributed by atoms with Crippen LogP contribution in [0.2, 0.25) is 10.0 Å². The number of sulfonamides is 1. The summed E-state index contributed by atoms with van der Waals surface area (Å²) in [4.78, 5) is 29.2. The first-order valence-electron chi connectivity index (χ1n) is 13.9. The van der Waals surface area contributed by atoms with Gasteiger partial charge in [0.1, 0.15) is 18.4 Å². The van der Waals surface area contributed by atoms with Crippen LogP contribution in [0.1, 0.15) is 25.0 Å². The highest BCUT2D eigenvalue weighted by atomic mass is 35.5. The van der Waals surface area contributed by atoms with Crippen LogP contribution in [0.25, 0.3) is 0 Å². The number of hydrogen-bond donors (Lipinski definition) is 1. The van der Waals surface area contributed by atoms with Crippen LogP contribution in [0.15, 0.2) is 108 Å². The molecule has 4 rings (SSSR count). The van der Waals surface area contributed by atoms with E-state index in [-0.39, 0.29) is 45.2 Å². The summed E-state index contributed by atoms with van der Waals surface area (Å²) in [6, 6.07) is 25.7. The van der Waals surface area contributed by atoms with Crippen molar-refractivity contribution in [1.29, 1.82) is 0 Å². The minimum atomic E-state index is -4.36. The van der Waals surface area contributed by atoms with Crippen molar-refractivity contribution in [2.45, 2.75) is 43.8 Å². The maximum absolute atomic E-state index is 15.0.